The van der Waals surface area contributed by atoms with Crippen LogP contribution in [0, 0.1) is 11.8 Å². The normalized spacial score (nSPS) is 25.5. The molecule has 0 saturated heterocycles. The fourth-order valence-electron chi connectivity index (χ4n) is 3.60. The van der Waals surface area contributed by atoms with Crippen molar-refractivity contribution in [3.8, 4) is 0 Å². The standard InChI is InChI=1S/C9H15Cl.C9H16O.C9H14.ClH/c1-5-6(2)8(4)9(10)7(5)3;1-5-7(3)9(10)8(4)6-2;1-6-5-7(2)9(4)8(6)3;/h5,7,9H,1-4H3;5-6,9-10H,1-4H3;5H2,1-4H3;1H/b;7-5+,8-6+;;. The second kappa shape index (κ2) is 14.3. The van der Waals surface area contributed by atoms with Crippen molar-refractivity contribution in [3.63, 3.8) is 0 Å². The van der Waals surface area contributed by atoms with Crippen LogP contribution in [-0.2, 0) is 0 Å². The van der Waals surface area contributed by atoms with E-state index in [1.807, 2.05) is 39.8 Å². The van der Waals surface area contributed by atoms with E-state index in [0.29, 0.717) is 11.8 Å². The van der Waals surface area contributed by atoms with Gasteiger partial charge in [-0.05, 0) is 110 Å². The van der Waals surface area contributed by atoms with E-state index < -0.39 is 0 Å². The molecule has 0 spiro atoms. The van der Waals surface area contributed by atoms with E-state index in [0.717, 1.165) is 11.1 Å². The highest BCUT2D eigenvalue weighted by Crippen LogP contribution is 2.39. The topological polar surface area (TPSA) is 20.2 Å². The summed E-state index contributed by atoms with van der Waals surface area (Å²) in [4.78, 5) is 0. The van der Waals surface area contributed by atoms with Crippen molar-refractivity contribution >= 4 is 24.0 Å². The molecular weight excluding hydrogens is 411 g/mol. The minimum Gasteiger partial charge on any atom is -0.384 e. The van der Waals surface area contributed by atoms with Gasteiger partial charge in [-0.25, -0.2) is 0 Å². The second-order valence-corrected chi connectivity index (χ2v) is 9.34. The molecule has 0 aromatic carbocycles. The average molecular weight is 458 g/mol. The highest BCUT2D eigenvalue weighted by Gasteiger charge is 2.31. The molecule has 0 fully saturated rings. The molecule has 174 valence electrons. The van der Waals surface area contributed by atoms with Crippen molar-refractivity contribution in [2.75, 3.05) is 0 Å². The fourth-order valence-corrected chi connectivity index (χ4v) is 3.99. The summed E-state index contributed by atoms with van der Waals surface area (Å²) < 4.78 is 0. The number of hydrogen-bond donors (Lipinski definition) is 1. The molecule has 3 unspecified atom stereocenters. The smallest absolute Gasteiger partial charge is 0.0955 e. The first kappa shape index (κ1) is 31.4. The van der Waals surface area contributed by atoms with Gasteiger partial charge in [-0.3, -0.25) is 0 Å². The van der Waals surface area contributed by atoms with Crippen LogP contribution in [0.2, 0.25) is 0 Å². The molecule has 1 N–H and O–H groups in total. The third-order valence-electron chi connectivity index (χ3n) is 7.12. The predicted molar refractivity (Wildman–Crippen MR) is 140 cm³/mol. The largest absolute Gasteiger partial charge is 0.384 e. The van der Waals surface area contributed by atoms with Gasteiger partial charge in [0, 0.05) is 0 Å². The van der Waals surface area contributed by atoms with Crippen LogP contribution < -0.4 is 0 Å². The van der Waals surface area contributed by atoms with Crippen LogP contribution in [0.4, 0.5) is 0 Å². The molecular formula is C27H46Cl2O. The lowest BCUT2D eigenvalue weighted by Crippen LogP contribution is -2.11. The molecule has 3 atom stereocenters. The van der Waals surface area contributed by atoms with Crippen molar-refractivity contribution in [1.82, 2.24) is 0 Å². The first-order chi connectivity index (χ1) is 13.3. The van der Waals surface area contributed by atoms with Gasteiger partial charge in [0.25, 0.3) is 0 Å². The maximum Gasteiger partial charge on any atom is 0.0955 e. The molecule has 1 nitrogen and oxygen atoms in total. The van der Waals surface area contributed by atoms with E-state index in [9.17, 15) is 5.11 Å². The summed E-state index contributed by atoms with van der Waals surface area (Å²) in [6, 6.07) is 0. The fraction of sp³-hybridized carbons (Fsp3) is 0.630. The van der Waals surface area contributed by atoms with Gasteiger partial charge in [-0.2, -0.15) is 0 Å². The number of allylic oxidation sites excluding steroid dienone is 8. The third-order valence-corrected chi connectivity index (χ3v) is 7.84. The summed E-state index contributed by atoms with van der Waals surface area (Å²) in [5, 5.41) is 9.74. The Morgan fingerprint density at radius 2 is 1.23 bits per heavy atom. The summed E-state index contributed by atoms with van der Waals surface area (Å²) in [5.41, 5.74) is 11.0. The van der Waals surface area contributed by atoms with Crippen LogP contribution in [0.1, 0.15) is 89.5 Å². The van der Waals surface area contributed by atoms with E-state index in [4.69, 9.17) is 11.6 Å². The van der Waals surface area contributed by atoms with Gasteiger partial charge >= 0.3 is 0 Å². The Bertz CT molecular complexity index is 661. The van der Waals surface area contributed by atoms with Gasteiger partial charge in [0.05, 0.1) is 11.5 Å². The number of halogens is 2. The number of aliphatic hydroxyl groups is 1. The number of rotatable bonds is 2. The van der Waals surface area contributed by atoms with E-state index >= 15 is 0 Å². The molecule has 0 amide bonds. The lowest BCUT2D eigenvalue weighted by molar-refractivity contribution is 0.246. The minimum atomic E-state index is -0.380. The first-order valence-electron chi connectivity index (χ1n) is 10.9. The van der Waals surface area contributed by atoms with Gasteiger partial charge in [0.1, 0.15) is 0 Å². The summed E-state index contributed by atoms with van der Waals surface area (Å²) in [5.74, 6) is 1.31. The summed E-state index contributed by atoms with van der Waals surface area (Å²) in [6.45, 7) is 25.4. The Hall–Kier alpha value is -0.760. The number of hydrogen-bond acceptors (Lipinski definition) is 1. The first-order valence-corrected chi connectivity index (χ1v) is 11.3. The molecule has 2 aliphatic rings. The minimum absolute atomic E-state index is 0. The van der Waals surface area contributed by atoms with Gasteiger partial charge < -0.3 is 5.11 Å². The van der Waals surface area contributed by atoms with Crippen LogP contribution in [0.25, 0.3) is 0 Å². The zero-order valence-corrected chi connectivity index (χ0v) is 23.0. The Morgan fingerprint density at radius 1 is 0.867 bits per heavy atom. The molecule has 0 saturated carbocycles. The van der Waals surface area contributed by atoms with E-state index in [1.165, 1.54) is 28.7 Å². The lowest BCUT2D eigenvalue weighted by atomic mass is 9.96. The van der Waals surface area contributed by atoms with Crippen LogP contribution in [0.3, 0.4) is 0 Å². The summed E-state index contributed by atoms with van der Waals surface area (Å²) in [7, 11) is 0. The van der Waals surface area contributed by atoms with Crippen molar-refractivity contribution < 1.29 is 5.11 Å². The van der Waals surface area contributed by atoms with Crippen molar-refractivity contribution in [3.05, 3.63) is 56.7 Å². The van der Waals surface area contributed by atoms with Gasteiger partial charge in [0.15, 0.2) is 0 Å². The second-order valence-electron chi connectivity index (χ2n) is 8.87. The van der Waals surface area contributed by atoms with Crippen LogP contribution in [-0.4, -0.2) is 16.6 Å². The Morgan fingerprint density at radius 3 is 1.37 bits per heavy atom. The molecule has 2 aliphatic carbocycles. The zero-order chi connectivity index (χ0) is 23.0. The Kier molecular flexibility index (Phi) is 15.0. The lowest BCUT2D eigenvalue weighted by Gasteiger charge is -2.13. The number of alkyl halides is 1. The van der Waals surface area contributed by atoms with Gasteiger partial charge in [0.2, 0.25) is 0 Å². The van der Waals surface area contributed by atoms with Gasteiger partial charge in [-0.1, -0.05) is 48.3 Å². The Balaban J connectivity index is 0. The maximum atomic E-state index is 9.45. The SMILES string of the molecule is C/C=C(\C)C(O)/C(C)=C/C.CC1=C(C)C(C)=C(C)C1.CC1=C(C)C(Cl)C(C)C1C.Cl. The van der Waals surface area contributed by atoms with Crippen molar-refractivity contribution in [1.29, 1.82) is 0 Å². The molecule has 0 heterocycles. The van der Waals surface area contributed by atoms with E-state index in [2.05, 4.69) is 55.4 Å². The predicted octanol–water partition coefficient (Wildman–Crippen LogP) is 8.98. The highest BCUT2D eigenvalue weighted by molar-refractivity contribution is 6.22. The molecule has 0 aliphatic heterocycles. The van der Waals surface area contributed by atoms with E-state index in [1.54, 1.807) is 11.1 Å². The molecule has 2 rings (SSSR count). The highest BCUT2D eigenvalue weighted by atomic mass is 35.5. The molecule has 3 heteroatoms. The molecule has 0 aromatic heterocycles. The van der Waals surface area contributed by atoms with E-state index in [-0.39, 0.29) is 23.9 Å². The quantitative estimate of drug-likeness (QED) is 0.324. The monoisotopic (exact) mass is 456 g/mol. The summed E-state index contributed by atoms with van der Waals surface area (Å²) >= 11 is 6.14. The molecule has 0 bridgehead atoms. The van der Waals surface area contributed by atoms with Crippen LogP contribution in [0.5, 0.6) is 0 Å². The molecule has 30 heavy (non-hydrogen) atoms. The third kappa shape index (κ3) is 8.40. The number of aliphatic hydroxyl groups excluding tert-OH is 1. The van der Waals surface area contributed by atoms with Gasteiger partial charge in [-0.15, -0.1) is 24.0 Å². The molecule has 0 radical (unpaired) electrons. The van der Waals surface area contributed by atoms with Crippen molar-refractivity contribution in [2.24, 2.45) is 11.8 Å². The Labute approximate surface area is 198 Å². The maximum absolute atomic E-state index is 9.45. The summed E-state index contributed by atoms with van der Waals surface area (Å²) in [6.07, 6.45) is 4.68. The molecule has 0 aromatic rings. The van der Waals surface area contributed by atoms with Crippen molar-refractivity contribution in [2.45, 2.75) is 101 Å². The zero-order valence-electron chi connectivity index (χ0n) is 21.4. The van der Waals surface area contributed by atoms with Crippen LogP contribution >= 0.6 is 24.0 Å². The van der Waals surface area contributed by atoms with Crippen LogP contribution in [0.15, 0.2) is 56.7 Å². The average Bonchev–Trinajstić information content (AvgIpc) is 3.03.